The number of benzene rings is 2. The molecule has 0 fully saturated rings. The van der Waals surface area contributed by atoms with Crippen LogP contribution in [0.25, 0.3) is 6.08 Å². The number of ether oxygens (including phenoxy) is 1. The topological polar surface area (TPSA) is 9.23 Å². The lowest BCUT2D eigenvalue weighted by Gasteiger charge is -2.27. The summed E-state index contributed by atoms with van der Waals surface area (Å²) in [5, 5.41) is 0. The zero-order chi connectivity index (χ0) is 15.8. The lowest BCUT2D eigenvalue weighted by molar-refractivity contribution is 0.414. The number of rotatable bonds is 7. The zero-order valence-corrected chi connectivity index (χ0v) is 13.9. The Morgan fingerprint density at radius 3 is 2.27 bits per heavy atom. The second-order valence-corrected chi connectivity index (χ2v) is 5.99. The Labute approximate surface area is 134 Å². The lowest BCUT2D eigenvalue weighted by atomic mass is 9.77. The lowest BCUT2D eigenvalue weighted by Crippen LogP contribution is -2.18. The molecule has 0 heterocycles. The van der Waals surface area contributed by atoms with Crippen molar-refractivity contribution in [2.75, 3.05) is 7.11 Å². The molecule has 1 heteroatoms. The summed E-state index contributed by atoms with van der Waals surface area (Å²) in [6.45, 7) is 4.57. The van der Waals surface area contributed by atoms with Crippen molar-refractivity contribution in [1.82, 2.24) is 0 Å². The van der Waals surface area contributed by atoms with Crippen molar-refractivity contribution >= 4 is 6.08 Å². The molecule has 2 aromatic rings. The molecule has 0 N–H and O–H groups in total. The first-order valence-corrected chi connectivity index (χ1v) is 8.07. The van der Waals surface area contributed by atoms with Gasteiger partial charge in [-0.1, -0.05) is 81.3 Å². The molecule has 0 bridgehead atoms. The van der Waals surface area contributed by atoms with Crippen LogP contribution in [0.2, 0.25) is 0 Å². The molecule has 0 amide bonds. The molecular formula is C21H26O. The van der Waals surface area contributed by atoms with Crippen molar-refractivity contribution in [2.24, 2.45) is 0 Å². The van der Waals surface area contributed by atoms with Gasteiger partial charge in [0.05, 0.1) is 7.11 Å². The average Bonchev–Trinajstić information content (AvgIpc) is 2.59. The third-order valence-electron chi connectivity index (χ3n) is 4.24. The van der Waals surface area contributed by atoms with Crippen LogP contribution < -0.4 is 4.74 Å². The van der Waals surface area contributed by atoms with Crippen LogP contribution in [0.5, 0.6) is 5.75 Å². The second kappa shape index (κ2) is 7.84. The number of hydrogen-bond donors (Lipinski definition) is 0. The van der Waals surface area contributed by atoms with E-state index in [4.69, 9.17) is 4.74 Å². The molecule has 0 aliphatic heterocycles. The molecule has 0 saturated heterocycles. The maximum absolute atomic E-state index is 5.27. The largest absolute Gasteiger partial charge is 0.497 e. The van der Waals surface area contributed by atoms with Crippen LogP contribution in [0.15, 0.2) is 60.7 Å². The molecule has 0 aromatic heterocycles. The number of methoxy groups -OCH3 is 1. The minimum absolute atomic E-state index is 0.0537. The van der Waals surface area contributed by atoms with E-state index in [0.717, 1.165) is 12.2 Å². The summed E-state index contributed by atoms with van der Waals surface area (Å²) in [6, 6.07) is 19.0. The SMILES string of the molecule is CCCC[C@@](C)(/C=C/c1ccccc1)c1ccc(OC)cc1. The van der Waals surface area contributed by atoms with Crippen molar-refractivity contribution < 1.29 is 4.74 Å². The molecule has 0 saturated carbocycles. The van der Waals surface area contributed by atoms with Crippen molar-refractivity contribution in [3.05, 3.63) is 71.8 Å². The van der Waals surface area contributed by atoms with E-state index in [0.29, 0.717) is 0 Å². The molecule has 0 spiro atoms. The minimum Gasteiger partial charge on any atom is -0.497 e. The van der Waals surface area contributed by atoms with E-state index in [1.54, 1.807) is 7.11 Å². The van der Waals surface area contributed by atoms with E-state index in [9.17, 15) is 0 Å². The molecule has 2 rings (SSSR count). The Balaban J connectivity index is 2.27. The van der Waals surface area contributed by atoms with E-state index in [1.165, 1.54) is 24.0 Å². The highest BCUT2D eigenvalue weighted by atomic mass is 16.5. The van der Waals surface area contributed by atoms with Gasteiger partial charge in [0.1, 0.15) is 5.75 Å². The third kappa shape index (κ3) is 4.24. The molecule has 0 aliphatic rings. The maximum atomic E-state index is 5.27. The molecule has 1 atom stereocenters. The minimum atomic E-state index is 0.0537. The van der Waals surface area contributed by atoms with Gasteiger partial charge in [0, 0.05) is 5.41 Å². The normalized spacial score (nSPS) is 14.0. The van der Waals surface area contributed by atoms with Gasteiger partial charge in [-0.3, -0.25) is 0 Å². The van der Waals surface area contributed by atoms with Crippen LogP contribution in [0.4, 0.5) is 0 Å². The average molecular weight is 294 g/mol. The van der Waals surface area contributed by atoms with Gasteiger partial charge in [0.15, 0.2) is 0 Å². The summed E-state index contributed by atoms with van der Waals surface area (Å²) >= 11 is 0. The third-order valence-corrected chi connectivity index (χ3v) is 4.24. The molecule has 0 radical (unpaired) electrons. The molecule has 0 unspecified atom stereocenters. The van der Waals surface area contributed by atoms with Crippen LogP contribution in [-0.4, -0.2) is 7.11 Å². The van der Waals surface area contributed by atoms with Gasteiger partial charge < -0.3 is 4.74 Å². The first-order valence-electron chi connectivity index (χ1n) is 8.07. The smallest absolute Gasteiger partial charge is 0.118 e. The predicted octanol–water partition coefficient (Wildman–Crippen LogP) is 5.86. The van der Waals surface area contributed by atoms with Crippen molar-refractivity contribution in [1.29, 1.82) is 0 Å². The Kier molecular flexibility index (Phi) is 5.83. The fourth-order valence-electron chi connectivity index (χ4n) is 2.68. The maximum Gasteiger partial charge on any atom is 0.118 e. The summed E-state index contributed by atoms with van der Waals surface area (Å²) in [5.41, 5.74) is 2.64. The fraction of sp³-hybridized carbons (Fsp3) is 0.333. The fourth-order valence-corrected chi connectivity index (χ4v) is 2.68. The van der Waals surface area contributed by atoms with E-state index >= 15 is 0 Å². The zero-order valence-electron chi connectivity index (χ0n) is 13.9. The molecule has 1 nitrogen and oxygen atoms in total. The quantitative estimate of drug-likeness (QED) is 0.621. The van der Waals surface area contributed by atoms with E-state index < -0.39 is 0 Å². The highest BCUT2D eigenvalue weighted by molar-refractivity contribution is 5.52. The van der Waals surface area contributed by atoms with Gasteiger partial charge in [-0.15, -0.1) is 0 Å². The molecule has 22 heavy (non-hydrogen) atoms. The summed E-state index contributed by atoms with van der Waals surface area (Å²) in [7, 11) is 1.71. The molecule has 116 valence electrons. The van der Waals surface area contributed by atoms with E-state index in [1.807, 2.05) is 0 Å². The van der Waals surface area contributed by atoms with Crippen LogP contribution in [-0.2, 0) is 5.41 Å². The van der Waals surface area contributed by atoms with Gasteiger partial charge in [-0.2, -0.15) is 0 Å². The van der Waals surface area contributed by atoms with Gasteiger partial charge in [-0.05, 0) is 29.7 Å². The first kappa shape index (κ1) is 16.4. The van der Waals surface area contributed by atoms with Gasteiger partial charge in [0.25, 0.3) is 0 Å². The summed E-state index contributed by atoms with van der Waals surface area (Å²) in [4.78, 5) is 0. The predicted molar refractivity (Wildman–Crippen MR) is 95.3 cm³/mol. The van der Waals surface area contributed by atoms with E-state index in [2.05, 4.69) is 80.6 Å². The highest BCUT2D eigenvalue weighted by Gasteiger charge is 2.22. The van der Waals surface area contributed by atoms with Crippen LogP contribution >= 0.6 is 0 Å². The van der Waals surface area contributed by atoms with Gasteiger partial charge >= 0.3 is 0 Å². The number of unbranched alkanes of at least 4 members (excludes halogenated alkanes) is 1. The van der Waals surface area contributed by atoms with E-state index in [-0.39, 0.29) is 5.41 Å². The standard InChI is InChI=1S/C21H26O/c1-4-5-16-21(2,17-15-18-9-7-6-8-10-18)19-11-13-20(22-3)14-12-19/h6-15,17H,4-5,16H2,1-3H3/b17-15+/t21-/m0/s1. The van der Waals surface area contributed by atoms with Gasteiger partial charge in [0.2, 0.25) is 0 Å². The Hall–Kier alpha value is -2.02. The number of allylic oxidation sites excluding steroid dienone is 1. The van der Waals surface area contributed by atoms with Crippen LogP contribution in [0.1, 0.15) is 44.2 Å². The molecule has 2 aromatic carbocycles. The first-order chi connectivity index (χ1) is 10.7. The van der Waals surface area contributed by atoms with Crippen LogP contribution in [0.3, 0.4) is 0 Å². The second-order valence-electron chi connectivity index (χ2n) is 5.99. The van der Waals surface area contributed by atoms with Crippen molar-refractivity contribution in [3.63, 3.8) is 0 Å². The monoisotopic (exact) mass is 294 g/mol. The van der Waals surface area contributed by atoms with Crippen molar-refractivity contribution in [3.8, 4) is 5.75 Å². The Morgan fingerprint density at radius 1 is 1.00 bits per heavy atom. The Morgan fingerprint density at radius 2 is 1.68 bits per heavy atom. The number of hydrogen-bond acceptors (Lipinski definition) is 1. The summed E-state index contributed by atoms with van der Waals surface area (Å²) < 4.78 is 5.27. The molecular weight excluding hydrogens is 268 g/mol. The van der Waals surface area contributed by atoms with Crippen LogP contribution in [0, 0.1) is 0 Å². The summed E-state index contributed by atoms with van der Waals surface area (Å²) in [5.74, 6) is 0.911. The Bertz CT molecular complexity index is 583. The van der Waals surface area contributed by atoms with Gasteiger partial charge in [-0.25, -0.2) is 0 Å². The highest BCUT2D eigenvalue weighted by Crippen LogP contribution is 2.33. The summed E-state index contributed by atoms with van der Waals surface area (Å²) in [6.07, 6.45) is 8.17. The molecule has 0 aliphatic carbocycles. The van der Waals surface area contributed by atoms with Crippen molar-refractivity contribution in [2.45, 2.75) is 38.5 Å².